The molecule has 3 N–H and O–H groups in total. The number of rotatable bonds is 9. The summed E-state index contributed by atoms with van der Waals surface area (Å²) in [6.45, 7) is 5.60. The summed E-state index contributed by atoms with van der Waals surface area (Å²) in [5.41, 5.74) is 3.13. The molecule has 0 saturated carbocycles. The van der Waals surface area contributed by atoms with Gasteiger partial charge in [0.1, 0.15) is 6.23 Å². The van der Waals surface area contributed by atoms with Crippen LogP contribution in [0.2, 0.25) is 0 Å². The van der Waals surface area contributed by atoms with E-state index in [0.29, 0.717) is 12.2 Å². The third kappa shape index (κ3) is 5.85. The van der Waals surface area contributed by atoms with Crippen LogP contribution in [0, 0.1) is 6.92 Å². The number of nitrogens with zero attached hydrogens (tertiary/aromatic N) is 1. The summed E-state index contributed by atoms with van der Waals surface area (Å²) >= 11 is 0. The first-order valence-electron chi connectivity index (χ1n) is 9.90. The van der Waals surface area contributed by atoms with E-state index in [9.17, 15) is 21.9 Å². The Morgan fingerprint density at radius 3 is 2.12 bits per heavy atom. The van der Waals surface area contributed by atoms with Crippen LogP contribution in [-0.2, 0) is 26.2 Å². The lowest BCUT2D eigenvalue weighted by Gasteiger charge is -2.12. The summed E-state index contributed by atoms with van der Waals surface area (Å²) in [7, 11) is -7.20. The van der Waals surface area contributed by atoms with Crippen molar-refractivity contribution in [2.45, 2.75) is 34.4 Å². The molecule has 1 aromatic heterocycles. The first-order chi connectivity index (χ1) is 15.5. The molecule has 0 spiro atoms. The Bertz CT molecular complexity index is 1370. The molecule has 3 rings (SSSR count). The van der Waals surface area contributed by atoms with Crippen molar-refractivity contribution in [1.29, 1.82) is 0 Å². The van der Waals surface area contributed by atoms with Gasteiger partial charge in [-0.25, -0.2) is 16.8 Å². The van der Waals surface area contributed by atoms with Crippen LogP contribution in [0.4, 0.5) is 0 Å². The van der Waals surface area contributed by atoms with Gasteiger partial charge in [0.05, 0.1) is 20.4 Å². The summed E-state index contributed by atoms with van der Waals surface area (Å²) in [5, 5.41) is 13.4. The normalized spacial score (nSPS) is 13.3. The van der Waals surface area contributed by atoms with Crippen LogP contribution in [0.25, 0.3) is 6.08 Å². The molecule has 0 aliphatic heterocycles. The fourth-order valence-corrected chi connectivity index (χ4v) is 5.05. The maximum atomic E-state index is 12.8. The fourth-order valence-electron chi connectivity index (χ4n) is 3.16. The molecule has 1 unspecified atom stereocenters. The van der Waals surface area contributed by atoms with Crippen LogP contribution in [0.5, 0.6) is 0 Å². The first kappa shape index (κ1) is 24.6. The number of hydrogen-bond donors (Lipinski definition) is 3. The van der Waals surface area contributed by atoms with Gasteiger partial charge in [0.15, 0.2) is 9.84 Å². The van der Waals surface area contributed by atoms with Gasteiger partial charge >= 0.3 is 0 Å². The van der Waals surface area contributed by atoms with Gasteiger partial charge in [0, 0.05) is 24.7 Å². The number of benzene rings is 2. The topological polar surface area (TPSA) is 129 Å². The molecule has 0 aliphatic carbocycles. The second kappa shape index (κ2) is 9.84. The zero-order valence-electron chi connectivity index (χ0n) is 18.2. The lowest BCUT2D eigenvalue weighted by molar-refractivity contribution is 0.133. The second-order valence-corrected chi connectivity index (χ2v) is 11.5. The number of aromatic amines is 1. The maximum Gasteiger partial charge on any atom is 0.206 e. The predicted molar refractivity (Wildman–Crippen MR) is 127 cm³/mol. The third-order valence-corrected chi connectivity index (χ3v) is 7.93. The molecule has 0 amide bonds. The Balaban J connectivity index is 1.68. The van der Waals surface area contributed by atoms with Crippen LogP contribution < -0.4 is 5.32 Å². The van der Waals surface area contributed by atoms with Crippen LogP contribution >= 0.6 is 0 Å². The van der Waals surface area contributed by atoms with Gasteiger partial charge in [-0.15, -0.1) is 0 Å². The largest absolute Gasteiger partial charge is 0.373 e. The molecule has 33 heavy (non-hydrogen) atoms. The summed E-state index contributed by atoms with van der Waals surface area (Å²) in [6.07, 6.45) is 3.43. The Morgan fingerprint density at radius 1 is 1.03 bits per heavy atom. The molecular weight excluding hydrogens is 462 g/mol. The van der Waals surface area contributed by atoms with Crippen molar-refractivity contribution in [3.05, 3.63) is 83.3 Å². The SMILES string of the molecule is C=N/C=C\c1[nH]c(C(O)NCc2ccc(S(=O)(=O)c3ccc(S(C)(=O)=O)cc3)cc2)cc1C. The number of sulfone groups is 2. The zero-order valence-corrected chi connectivity index (χ0v) is 19.8. The third-order valence-electron chi connectivity index (χ3n) is 5.01. The van der Waals surface area contributed by atoms with Crippen LogP contribution in [0.15, 0.2) is 80.5 Å². The number of H-pyrrole nitrogens is 1. The Morgan fingerprint density at radius 2 is 1.58 bits per heavy atom. The molecule has 1 heterocycles. The highest BCUT2D eigenvalue weighted by Gasteiger charge is 2.19. The molecule has 0 fully saturated rings. The summed E-state index contributed by atoms with van der Waals surface area (Å²) in [6, 6.07) is 13.2. The van der Waals surface area contributed by atoms with Crippen molar-refractivity contribution in [2.24, 2.45) is 4.99 Å². The van der Waals surface area contributed by atoms with Crippen molar-refractivity contribution in [2.75, 3.05) is 6.26 Å². The number of aryl methyl sites for hydroxylation is 1. The van der Waals surface area contributed by atoms with Crippen LogP contribution in [0.3, 0.4) is 0 Å². The minimum atomic E-state index is -3.79. The summed E-state index contributed by atoms with van der Waals surface area (Å²) in [4.78, 5) is 6.93. The Kier molecular flexibility index (Phi) is 7.33. The van der Waals surface area contributed by atoms with E-state index in [-0.39, 0.29) is 14.7 Å². The average molecular weight is 488 g/mol. The maximum absolute atomic E-state index is 12.8. The first-order valence-corrected chi connectivity index (χ1v) is 13.3. The number of hydrogen-bond acceptors (Lipinski definition) is 7. The molecular formula is C23H25N3O5S2. The fraction of sp³-hybridized carbons (Fsp3) is 0.174. The molecule has 0 aliphatic rings. The van der Waals surface area contributed by atoms with Gasteiger partial charge in [-0.1, -0.05) is 12.1 Å². The molecule has 8 nitrogen and oxygen atoms in total. The minimum absolute atomic E-state index is 0.00909. The molecule has 174 valence electrons. The van der Waals surface area contributed by atoms with E-state index in [1.165, 1.54) is 36.4 Å². The highest BCUT2D eigenvalue weighted by molar-refractivity contribution is 7.91. The average Bonchev–Trinajstić information content (AvgIpc) is 3.16. The highest BCUT2D eigenvalue weighted by atomic mass is 32.2. The number of aromatic nitrogens is 1. The van der Waals surface area contributed by atoms with E-state index in [1.54, 1.807) is 24.4 Å². The Labute approximate surface area is 193 Å². The molecule has 1 atom stereocenters. The molecule has 10 heteroatoms. The quantitative estimate of drug-likeness (QED) is 0.314. The molecule has 0 saturated heterocycles. The minimum Gasteiger partial charge on any atom is -0.373 e. The van der Waals surface area contributed by atoms with Crippen molar-refractivity contribution >= 4 is 32.5 Å². The van der Waals surface area contributed by atoms with Gasteiger partial charge in [-0.3, -0.25) is 10.3 Å². The zero-order chi connectivity index (χ0) is 24.2. The van der Waals surface area contributed by atoms with Crippen molar-refractivity contribution < 1.29 is 21.9 Å². The number of aliphatic hydroxyl groups excluding tert-OH is 1. The van der Waals surface area contributed by atoms with E-state index < -0.39 is 25.9 Å². The predicted octanol–water partition coefficient (Wildman–Crippen LogP) is 3.01. The highest BCUT2D eigenvalue weighted by Crippen LogP contribution is 2.23. The van der Waals surface area contributed by atoms with Gasteiger partial charge in [-0.05, 0) is 73.3 Å². The van der Waals surface area contributed by atoms with Gasteiger partial charge < -0.3 is 10.1 Å². The molecule has 2 aromatic carbocycles. The lowest BCUT2D eigenvalue weighted by Crippen LogP contribution is -2.20. The van der Waals surface area contributed by atoms with E-state index >= 15 is 0 Å². The number of aliphatic hydroxyl groups is 1. The lowest BCUT2D eigenvalue weighted by atomic mass is 10.2. The van der Waals surface area contributed by atoms with E-state index in [1.807, 2.05) is 13.0 Å². The van der Waals surface area contributed by atoms with Gasteiger partial charge in [-0.2, -0.15) is 0 Å². The van der Waals surface area contributed by atoms with Crippen molar-refractivity contribution in [1.82, 2.24) is 10.3 Å². The number of nitrogens with one attached hydrogen (secondary N) is 2. The van der Waals surface area contributed by atoms with Gasteiger partial charge in [0.2, 0.25) is 9.84 Å². The van der Waals surface area contributed by atoms with Gasteiger partial charge in [0.25, 0.3) is 0 Å². The van der Waals surface area contributed by atoms with Crippen LogP contribution in [-0.4, -0.2) is 39.9 Å². The Hall–Kier alpha value is -3.05. The second-order valence-electron chi connectivity index (χ2n) is 7.49. The summed E-state index contributed by atoms with van der Waals surface area (Å²) < 4.78 is 48.8. The number of aliphatic imine (C=N–C) groups is 1. The monoisotopic (exact) mass is 487 g/mol. The van der Waals surface area contributed by atoms with Crippen LogP contribution in [0.1, 0.15) is 28.7 Å². The van der Waals surface area contributed by atoms with Crippen molar-refractivity contribution in [3.8, 4) is 0 Å². The molecule has 3 aromatic rings. The van der Waals surface area contributed by atoms with Crippen molar-refractivity contribution in [3.63, 3.8) is 0 Å². The van der Waals surface area contributed by atoms with E-state index in [2.05, 4.69) is 22.0 Å². The summed E-state index contributed by atoms with van der Waals surface area (Å²) in [5.74, 6) is 0. The standard InChI is InChI=1S/C23H25N3O5S2/c1-16-14-22(26-21(16)12-13-24-2)23(27)25-15-17-4-6-19(7-5-17)33(30,31)20-10-8-18(9-11-20)32(3,28)29/h4-14,23,25-27H,2,15H2,1,3H3/b13-12-. The molecule has 0 bridgehead atoms. The molecule has 0 radical (unpaired) electrons. The smallest absolute Gasteiger partial charge is 0.206 e. The van der Waals surface area contributed by atoms with E-state index in [0.717, 1.165) is 23.1 Å². The van der Waals surface area contributed by atoms with E-state index in [4.69, 9.17) is 0 Å².